The van der Waals surface area contributed by atoms with Gasteiger partial charge in [-0.25, -0.2) is 0 Å². The maximum atomic E-state index is 12.1. The first kappa shape index (κ1) is 14.3. The largest absolute Gasteiger partial charge is 0.466 e. The summed E-state index contributed by atoms with van der Waals surface area (Å²) in [6.07, 6.45) is 0. The molecule has 2 aromatic heterocycles. The number of anilines is 1. The molecule has 3 rings (SSSR count). The van der Waals surface area contributed by atoms with Crippen LogP contribution in [0, 0.1) is 13.8 Å². The molecule has 2 heterocycles. The summed E-state index contributed by atoms with van der Waals surface area (Å²) in [4.78, 5) is 12.1. The third-order valence-corrected chi connectivity index (χ3v) is 3.36. The maximum absolute atomic E-state index is 12.1. The van der Waals surface area contributed by atoms with Crippen molar-refractivity contribution in [2.75, 3.05) is 5.32 Å². The second-order valence-electron chi connectivity index (χ2n) is 4.67. The number of carbonyl (C=O) groups excluding carboxylic acids is 1. The maximum Gasteiger partial charge on any atom is 0.322 e. The van der Waals surface area contributed by atoms with Gasteiger partial charge in [0, 0.05) is 0 Å². The van der Waals surface area contributed by atoms with Crippen LogP contribution in [0.25, 0.3) is 11.5 Å². The van der Waals surface area contributed by atoms with Crippen LogP contribution in [0.15, 0.2) is 39.2 Å². The van der Waals surface area contributed by atoms with E-state index in [1.165, 1.54) is 0 Å². The zero-order chi connectivity index (χ0) is 15.7. The lowest BCUT2D eigenvalue weighted by molar-refractivity contribution is 0.102. The lowest BCUT2D eigenvalue weighted by atomic mass is 10.2. The van der Waals surface area contributed by atoms with Gasteiger partial charge in [0.1, 0.15) is 11.5 Å². The molecule has 112 valence electrons. The minimum Gasteiger partial charge on any atom is -0.466 e. The molecule has 0 fully saturated rings. The predicted octanol–water partition coefficient (Wildman–Crippen LogP) is 3.85. The summed E-state index contributed by atoms with van der Waals surface area (Å²) in [5.74, 6) is 1.28. The molecule has 7 heteroatoms. The van der Waals surface area contributed by atoms with Gasteiger partial charge in [-0.15, -0.1) is 5.10 Å². The van der Waals surface area contributed by atoms with Gasteiger partial charge in [-0.3, -0.25) is 10.1 Å². The fourth-order valence-electron chi connectivity index (χ4n) is 2.04. The molecule has 3 aromatic rings. The highest BCUT2D eigenvalue weighted by molar-refractivity contribution is 6.34. The Bertz CT molecular complexity index is 838. The monoisotopic (exact) mass is 317 g/mol. The molecule has 0 aliphatic carbocycles. The highest BCUT2D eigenvalue weighted by Gasteiger charge is 2.17. The van der Waals surface area contributed by atoms with Crippen molar-refractivity contribution >= 4 is 23.5 Å². The molecular formula is C15H12ClN3O3. The average Bonchev–Trinajstić information content (AvgIpc) is 3.05. The fraction of sp³-hybridized carbons (Fsp3) is 0.133. The summed E-state index contributed by atoms with van der Waals surface area (Å²) in [6, 6.07) is 8.50. The number of aromatic nitrogens is 2. The molecule has 1 N–H and O–H groups in total. The van der Waals surface area contributed by atoms with Crippen LogP contribution in [-0.2, 0) is 0 Å². The number of rotatable bonds is 3. The Kier molecular flexibility index (Phi) is 3.68. The van der Waals surface area contributed by atoms with E-state index in [2.05, 4.69) is 15.5 Å². The third-order valence-electron chi connectivity index (χ3n) is 3.04. The SMILES string of the molecule is Cc1cc(-c2nnc(NC(=O)c3ccccc3Cl)o2)c(C)o1. The molecular weight excluding hydrogens is 306 g/mol. The zero-order valence-corrected chi connectivity index (χ0v) is 12.6. The van der Waals surface area contributed by atoms with E-state index in [9.17, 15) is 4.79 Å². The number of halogens is 1. The lowest BCUT2D eigenvalue weighted by Gasteiger charge is -2.02. The minimum atomic E-state index is -0.416. The Labute approximate surface area is 131 Å². The van der Waals surface area contributed by atoms with Crippen LogP contribution < -0.4 is 5.32 Å². The number of nitrogens with one attached hydrogen (secondary N) is 1. The molecule has 0 spiro atoms. The van der Waals surface area contributed by atoms with Gasteiger partial charge in [0.2, 0.25) is 0 Å². The first-order chi connectivity index (χ1) is 10.5. The zero-order valence-electron chi connectivity index (χ0n) is 11.9. The molecule has 0 atom stereocenters. The van der Waals surface area contributed by atoms with Crippen molar-refractivity contribution in [2.24, 2.45) is 0 Å². The van der Waals surface area contributed by atoms with E-state index in [4.69, 9.17) is 20.4 Å². The molecule has 0 bridgehead atoms. The molecule has 0 radical (unpaired) electrons. The van der Waals surface area contributed by atoms with Crippen LogP contribution in [0.3, 0.4) is 0 Å². The van der Waals surface area contributed by atoms with Crippen molar-refractivity contribution < 1.29 is 13.6 Å². The van der Waals surface area contributed by atoms with E-state index in [0.717, 1.165) is 5.76 Å². The summed E-state index contributed by atoms with van der Waals surface area (Å²) in [5.41, 5.74) is 1.03. The Morgan fingerprint density at radius 1 is 1.18 bits per heavy atom. The van der Waals surface area contributed by atoms with Crippen molar-refractivity contribution in [1.82, 2.24) is 10.2 Å². The Balaban J connectivity index is 1.82. The number of amides is 1. The summed E-state index contributed by atoms with van der Waals surface area (Å²) >= 11 is 5.97. The van der Waals surface area contributed by atoms with Crippen molar-refractivity contribution in [3.8, 4) is 11.5 Å². The second-order valence-corrected chi connectivity index (χ2v) is 5.08. The van der Waals surface area contributed by atoms with E-state index < -0.39 is 5.91 Å². The summed E-state index contributed by atoms with van der Waals surface area (Å²) in [7, 11) is 0. The van der Waals surface area contributed by atoms with Gasteiger partial charge in [-0.2, -0.15) is 0 Å². The van der Waals surface area contributed by atoms with E-state index in [1.807, 2.05) is 6.92 Å². The molecule has 1 amide bonds. The molecule has 22 heavy (non-hydrogen) atoms. The number of aryl methyl sites for hydroxylation is 2. The summed E-state index contributed by atoms with van der Waals surface area (Å²) in [5, 5.41) is 10.6. The Hall–Kier alpha value is -2.60. The molecule has 0 aliphatic heterocycles. The van der Waals surface area contributed by atoms with E-state index in [1.54, 1.807) is 37.3 Å². The van der Waals surface area contributed by atoms with Crippen LogP contribution in [0.5, 0.6) is 0 Å². The topological polar surface area (TPSA) is 81.2 Å². The van der Waals surface area contributed by atoms with Crippen molar-refractivity contribution in [3.63, 3.8) is 0 Å². The molecule has 0 saturated heterocycles. The molecule has 1 aromatic carbocycles. The first-order valence-corrected chi connectivity index (χ1v) is 6.89. The van der Waals surface area contributed by atoms with Crippen LogP contribution >= 0.6 is 11.6 Å². The normalized spacial score (nSPS) is 10.7. The standard InChI is InChI=1S/C15H12ClN3O3/c1-8-7-11(9(2)21-8)14-18-19-15(22-14)17-13(20)10-5-3-4-6-12(10)16/h3-7H,1-2H3,(H,17,19,20). The van der Waals surface area contributed by atoms with E-state index in [-0.39, 0.29) is 11.9 Å². The number of benzene rings is 1. The highest BCUT2D eigenvalue weighted by atomic mass is 35.5. The smallest absolute Gasteiger partial charge is 0.322 e. The average molecular weight is 318 g/mol. The van der Waals surface area contributed by atoms with Crippen LogP contribution in [0.1, 0.15) is 21.9 Å². The predicted molar refractivity (Wildman–Crippen MR) is 80.9 cm³/mol. The minimum absolute atomic E-state index is 0.00169. The van der Waals surface area contributed by atoms with Crippen molar-refractivity contribution in [1.29, 1.82) is 0 Å². The van der Waals surface area contributed by atoms with Crippen LogP contribution in [0.4, 0.5) is 6.01 Å². The Morgan fingerprint density at radius 3 is 2.64 bits per heavy atom. The van der Waals surface area contributed by atoms with Gasteiger partial charge in [0.15, 0.2) is 0 Å². The van der Waals surface area contributed by atoms with Crippen molar-refractivity contribution in [2.45, 2.75) is 13.8 Å². The van der Waals surface area contributed by atoms with Gasteiger partial charge >= 0.3 is 6.01 Å². The second kappa shape index (κ2) is 5.65. The van der Waals surface area contributed by atoms with E-state index >= 15 is 0 Å². The van der Waals surface area contributed by atoms with Crippen LogP contribution in [-0.4, -0.2) is 16.1 Å². The van der Waals surface area contributed by atoms with Gasteiger partial charge < -0.3 is 8.83 Å². The van der Waals surface area contributed by atoms with Gasteiger partial charge in [-0.05, 0) is 32.0 Å². The third kappa shape index (κ3) is 2.73. The highest BCUT2D eigenvalue weighted by Crippen LogP contribution is 2.26. The van der Waals surface area contributed by atoms with Gasteiger partial charge in [-0.1, -0.05) is 28.8 Å². The first-order valence-electron chi connectivity index (χ1n) is 6.51. The molecule has 0 unspecified atom stereocenters. The summed E-state index contributed by atoms with van der Waals surface area (Å²) in [6.45, 7) is 3.63. The number of nitrogens with zero attached hydrogens (tertiary/aromatic N) is 2. The van der Waals surface area contributed by atoms with Gasteiger partial charge in [0.25, 0.3) is 11.8 Å². The molecule has 6 nitrogen and oxygen atoms in total. The van der Waals surface area contributed by atoms with E-state index in [0.29, 0.717) is 21.9 Å². The number of hydrogen-bond donors (Lipinski definition) is 1. The lowest BCUT2D eigenvalue weighted by Crippen LogP contribution is -2.12. The van der Waals surface area contributed by atoms with Crippen molar-refractivity contribution in [3.05, 3.63) is 52.4 Å². The molecule has 0 aliphatic rings. The summed E-state index contributed by atoms with van der Waals surface area (Å²) < 4.78 is 10.9. The Morgan fingerprint density at radius 2 is 1.95 bits per heavy atom. The molecule has 0 saturated carbocycles. The quantitative estimate of drug-likeness (QED) is 0.793. The fourth-order valence-corrected chi connectivity index (χ4v) is 2.26. The number of carbonyl (C=O) groups is 1. The number of hydrogen-bond acceptors (Lipinski definition) is 5. The van der Waals surface area contributed by atoms with Crippen LogP contribution in [0.2, 0.25) is 5.02 Å². The number of furan rings is 1. The van der Waals surface area contributed by atoms with Gasteiger partial charge in [0.05, 0.1) is 16.1 Å².